The SMILES string of the molecule is C/C(=C/CNCCC(=O)O)c1ccc(OCCCc2ccccc2)cc1.Cl. The molecule has 0 saturated carbocycles. The van der Waals surface area contributed by atoms with Gasteiger partial charge in [0.15, 0.2) is 0 Å². The Bertz CT molecular complexity index is 699. The Kier molecular flexibility index (Phi) is 10.9. The maximum atomic E-state index is 10.4. The maximum Gasteiger partial charge on any atom is 0.304 e. The molecule has 0 aromatic heterocycles. The number of hydrogen-bond acceptors (Lipinski definition) is 3. The van der Waals surface area contributed by atoms with Crippen LogP contribution in [0.5, 0.6) is 5.75 Å². The Morgan fingerprint density at radius 1 is 1.11 bits per heavy atom. The van der Waals surface area contributed by atoms with Crippen LogP contribution in [0.25, 0.3) is 5.57 Å². The summed E-state index contributed by atoms with van der Waals surface area (Å²) < 4.78 is 5.81. The summed E-state index contributed by atoms with van der Waals surface area (Å²) in [5.74, 6) is 0.103. The number of ether oxygens (including phenoxy) is 1. The van der Waals surface area contributed by atoms with Crippen molar-refractivity contribution in [2.75, 3.05) is 19.7 Å². The average Bonchev–Trinajstić information content (AvgIpc) is 2.66. The highest BCUT2D eigenvalue weighted by Crippen LogP contribution is 2.18. The first-order valence-electron chi connectivity index (χ1n) is 9.01. The van der Waals surface area contributed by atoms with E-state index < -0.39 is 5.97 Å². The Labute approximate surface area is 167 Å². The molecule has 0 aliphatic carbocycles. The van der Waals surface area contributed by atoms with Gasteiger partial charge in [-0.15, -0.1) is 12.4 Å². The molecule has 0 spiro atoms. The molecule has 4 nitrogen and oxygen atoms in total. The van der Waals surface area contributed by atoms with E-state index in [0.717, 1.165) is 29.7 Å². The van der Waals surface area contributed by atoms with Crippen molar-refractivity contribution in [1.29, 1.82) is 0 Å². The van der Waals surface area contributed by atoms with E-state index in [1.54, 1.807) is 0 Å². The molecule has 0 bridgehead atoms. The van der Waals surface area contributed by atoms with Crippen LogP contribution in [0.3, 0.4) is 0 Å². The number of nitrogens with one attached hydrogen (secondary N) is 1. The number of carbonyl (C=O) groups is 1. The number of halogens is 1. The monoisotopic (exact) mass is 389 g/mol. The zero-order chi connectivity index (χ0) is 18.6. The van der Waals surface area contributed by atoms with Crippen molar-refractivity contribution < 1.29 is 14.6 Å². The number of aryl methyl sites for hydroxylation is 1. The summed E-state index contributed by atoms with van der Waals surface area (Å²) in [4.78, 5) is 10.4. The van der Waals surface area contributed by atoms with Crippen molar-refractivity contribution in [3.05, 3.63) is 71.8 Å². The van der Waals surface area contributed by atoms with Crippen LogP contribution in [0.1, 0.15) is 30.9 Å². The van der Waals surface area contributed by atoms with Crippen molar-refractivity contribution in [2.24, 2.45) is 0 Å². The Morgan fingerprint density at radius 2 is 1.81 bits per heavy atom. The highest BCUT2D eigenvalue weighted by molar-refractivity contribution is 5.85. The molecule has 0 heterocycles. The molecular weight excluding hydrogens is 362 g/mol. The average molecular weight is 390 g/mol. The van der Waals surface area contributed by atoms with E-state index in [-0.39, 0.29) is 18.8 Å². The topological polar surface area (TPSA) is 58.6 Å². The van der Waals surface area contributed by atoms with Gasteiger partial charge in [-0.1, -0.05) is 48.5 Å². The standard InChI is InChI=1S/C22H27NO3.ClH/c1-18(13-15-23-16-14-22(24)25)20-9-11-21(12-10-20)26-17-5-8-19-6-3-2-4-7-19;/h2-4,6-7,9-13,23H,5,8,14-17H2,1H3,(H,24,25);1H/b18-13-;. The summed E-state index contributed by atoms with van der Waals surface area (Å²) in [6.45, 7) is 3.90. The lowest BCUT2D eigenvalue weighted by Gasteiger charge is -2.08. The van der Waals surface area contributed by atoms with E-state index in [4.69, 9.17) is 9.84 Å². The smallest absolute Gasteiger partial charge is 0.304 e. The summed E-state index contributed by atoms with van der Waals surface area (Å²) in [5, 5.41) is 11.7. The molecule has 0 aliphatic rings. The first-order chi connectivity index (χ1) is 12.6. The predicted octanol–water partition coefficient (Wildman–Crippen LogP) is 4.59. The second kappa shape index (κ2) is 13.0. The largest absolute Gasteiger partial charge is 0.494 e. The van der Waals surface area contributed by atoms with Crippen LogP contribution in [-0.4, -0.2) is 30.8 Å². The van der Waals surface area contributed by atoms with Crippen molar-refractivity contribution in [3.63, 3.8) is 0 Å². The molecule has 2 N–H and O–H groups in total. The van der Waals surface area contributed by atoms with Crippen molar-refractivity contribution in [3.8, 4) is 5.75 Å². The molecule has 0 fully saturated rings. The molecule has 0 amide bonds. The minimum Gasteiger partial charge on any atom is -0.494 e. The van der Waals surface area contributed by atoms with Crippen LogP contribution >= 0.6 is 12.4 Å². The fourth-order valence-electron chi connectivity index (χ4n) is 2.57. The number of hydrogen-bond donors (Lipinski definition) is 2. The lowest BCUT2D eigenvalue weighted by Crippen LogP contribution is -2.18. The third-order valence-electron chi connectivity index (χ3n) is 4.10. The lowest BCUT2D eigenvalue weighted by atomic mass is 10.1. The second-order valence-corrected chi connectivity index (χ2v) is 6.20. The van der Waals surface area contributed by atoms with E-state index >= 15 is 0 Å². The molecule has 2 aromatic carbocycles. The van der Waals surface area contributed by atoms with E-state index in [2.05, 4.69) is 54.7 Å². The quantitative estimate of drug-likeness (QED) is 0.552. The van der Waals surface area contributed by atoms with E-state index in [0.29, 0.717) is 19.7 Å². The highest BCUT2D eigenvalue weighted by Gasteiger charge is 1.99. The van der Waals surface area contributed by atoms with Crippen molar-refractivity contribution in [2.45, 2.75) is 26.2 Å². The number of carboxylic acid groups (broad SMARTS) is 1. The summed E-state index contributed by atoms with van der Waals surface area (Å²) in [6, 6.07) is 18.5. The van der Waals surface area contributed by atoms with Gasteiger partial charge in [0.2, 0.25) is 0 Å². The van der Waals surface area contributed by atoms with Crippen LogP contribution in [0.2, 0.25) is 0 Å². The van der Waals surface area contributed by atoms with Crippen molar-refractivity contribution >= 4 is 23.9 Å². The first kappa shape index (κ1) is 22.7. The molecule has 2 rings (SSSR count). The third kappa shape index (κ3) is 9.27. The van der Waals surface area contributed by atoms with Gasteiger partial charge in [0.05, 0.1) is 13.0 Å². The van der Waals surface area contributed by atoms with E-state index in [1.807, 2.05) is 18.2 Å². The van der Waals surface area contributed by atoms with Gasteiger partial charge in [0.25, 0.3) is 0 Å². The van der Waals surface area contributed by atoms with Gasteiger partial charge in [0.1, 0.15) is 5.75 Å². The molecular formula is C22H28ClNO3. The summed E-state index contributed by atoms with van der Waals surface area (Å²) in [6.07, 6.45) is 4.23. The van der Waals surface area contributed by atoms with Gasteiger partial charge in [-0.3, -0.25) is 4.79 Å². The minimum absolute atomic E-state index is 0. The van der Waals surface area contributed by atoms with Crippen LogP contribution in [0.15, 0.2) is 60.7 Å². The Hall–Kier alpha value is -2.30. The third-order valence-corrected chi connectivity index (χ3v) is 4.10. The van der Waals surface area contributed by atoms with Crippen LogP contribution < -0.4 is 10.1 Å². The molecule has 0 radical (unpaired) electrons. The van der Waals surface area contributed by atoms with E-state index in [9.17, 15) is 4.79 Å². The Balaban J connectivity index is 0.00000364. The second-order valence-electron chi connectivity index (χ2n) is 6.20. The zero-order valence-corrected chi connectivity index (χ0v) is 16.5. The van der Waals surface area contributed by atoms with Gasteiger partial charge in [-0.05, 0) is 48.6 Å². The van der Waals surface area contributed by atoms with Gasteiger partial charge >= 0.3 is 5.97 Å². The van der Waals surface area contributed by atoms with Crippen LogP contribution in [0, 0.1) is 0 Å². The van der Waals surface area contributed by atoms with Crippen LogP contribution in [0.4, 0.5) is 0 Å². The van der Waals surface area contributed by atoms with Crippen LogP contribution in [-0.2, 0) is 11.2 Å². The lowest BCUT2D eigenvalue weighted by molar-refractivity contribution is -0.136. The molecule has 0 unspecified atom stereocenters. The first-order valence-corrected chi connectivity index (χ1v) is 9.01. The Morgan fingerprint density at radius 3 is 2.48 bits per heavy atom. The number of benzene rings is 2. The molecule has 0 atom stereocenters. The normalized spacial score (nSPS) is 10.9. The summed E-state index contributed by atoms with van der Waals surface area (Å²) >= 11 is 0. The molecule has 0 aliphatic heterocycles. The predicted molar refractivity (Wildman–Crippen MR) is 113 cm³/mol. The fraction of sp³-hybridized carbons (Fsp3) is 0.318. The van der Waals surface area contributed by atoms with E-state index in [1.165, 1.54) is 5.56 Å². The molecule has 27 heavy (non-hydrogen) atoms. The highest BCUT2D eigenvalue weighted by atomic mass is 35.5. The molecule has 2 aromatic rings. The summed E-state index contributed by atoms with van der Waals surface area (Å²) in [7, 11) is 0. The van der Waals surface area contributed by atoms with Gasteiger partial charge in [-0.2, -0.15) is 0 Å². The number of rotatable bonds is 11. The fourth-order valence-corrected chi connectivity index (χ4v) is 2.57. The van der Waals surface area contributed by atoms with Gasteiger partial charge < -0.3 is 15.2 Å². The van der Waals surface area contributed by atoms with Gasteiger partial charge in [-0.25, -0.2) is 0 Å². The number of allylic oxidation sites excluding steroid dienone is 1. The number of carboxylic acids is 1. The zero-order valence-electron chi connectivity index (χ0n) is 15.7. The molecule has 0 saturated heterocycles. The summed E-state index contributed by atoms with van der Waals surface area (Å²) in [5.41, 5.74) is 3.63. The minimum atomic E-state index is -0.780. The number of aliphatic carboxylic acids is 1. The van der Waals surface area contributed by atoms with Gasteiger partial charge in [0, 0.05) is 13.1 Å². The molecule has 5 heteroatoms. The van der Waals surface area contributed by atoms with Crippen molar-refractivity contribution in [1.82, 2.24) is 5.32 Å². The maximum absolute atomic E-state index is 10.4. The molecule has 146 valence electrons.